The van der Waals surface area contributed by atoms with Gasteiger partial charge in [0.2, 0.25) is 5.91 Å². The van der Waals surface area contributed by atoms with Crippen LogP contribution in [0.2, 0.25) is 0 Å². The first-order valence-electron chi connectivity index (χ1n) is 13.8. The summed E-state index contributed by atoms with van der Waals surface area (Å²) in [5.41, 5.74) is 5.67. The van der Waals surface area contributed by atoms with Gasteiger partial charge < -0.3 is 14.7 Å². The summed E-state index contributed by atoms with van der Waals surface area (Å²) < 4.78 is 18.2. The minimum Gasteiger partial charge on any atom is -0.508 e. The van der Waals surface area contributed by atoms with Crippen LogP contribution in [0.1, 0.15) is 62.6 Å². The van der Waals surface area contributed by atoms with Crippen molar-refractivity contribution in [2.24, 2.45) is 0 Å². The number of benzene rings is 3. The molecule has 0 aliphatic carbocycles. The van der Waals surface area contributed by atoms with E-state index in [2.05, 4.69) is 50.2 Å². The number of hydrogen-bond acceptors (Lipinski definition) is 4. The number of amides is 1. The van der Waals surface area contributed by atoms with Crippen LogP contribution in [0.3, 0.4) is 0 Å². The maximum atomic E-state index is 12.3. The van der Waals surface area contributed by atoms with E-state index in [-0.39, 0.29) is 17.4 Å². The summed E-state index contributed by atoms with van der Waals surface area (Å²) in [5.74, 6) is 1.60. The molecule has 1 amide bonds. The summed E-state index contributed by atoms with van der Waals surface area (Å²) in [5, 5.41) is 9.83. The van der Waals surface area contributed by atoms with Gasteiger partial charge in [-0.2, -0.15) is 0 Å². The zero-order chi connectivity index (χ0) is 28.0. The van der Waals surface area contributed by atoms with Gasteiger partial charge in [0.1, 0.15) is 17.3 Å². The lowest BCUT2D eigenvalue weighted by molar-refractivity contribution is -0.127. The SMILES string of the molecule is CCCCN(C)C(=O)CS(=O)CCCCOc1ccc(/C(=C(\CC)c2ccccc2)c2ccc(O)cc2)cc1. The molecule has 1 atom stereocenters. The van der Waals surface area contributed by atoms with Gasteiger partial charge in [0.15, 0.2) is 0 Å². The van der Waals surface area contributed by atoms with Crippen molar-refractivity contribution in [3.05, 3.63) is 95.6 Å². The first kappa shape index (κ1) is 30.2. The molecule has 1 N–H and O–H groups in total. The average molecular weight is 548 g/mol. The number of ether oxygens (including phenoxy) is 1. The Morgan fingerprint density at radius 1 is 0.846 bits per heavy atom. The molecule has 0 bridgehead atoms. The van der Waals surface area contributed by atoms with Crippen LogP contribution in [0.4, 0.5) is 0 Å². The molecular weight excluding hydrogens is 506 g/mol. The van der Waals surface area contributed by atoms with E-state index < -0.39 is 10.8 Å². The number of phenolic OH excluding ortho intramolecular Hbond substituents is 1. The number of carbonyl (C=O) groups excluding carboxylic acids is 1. The quantitative estimate of drug-likeness (QED) is 0.166. The summed E-state index contributed by atoms with van der Waals surface area (Å²) >= 11 is 0. The van der Waals surface area contributed by atoms with E-state index in [4.69, 9.17) is 4.74 Å². The number of allylic oxidation sites excluding steroid dienone is 1. The van der Waals surface area contributed by atoms with Gasteiger partial charge in [-0.3, -0.25) is 9.00 Å². The maximum absolute atomic E-state index is 12.3. The largest absolute Gasteiger partial charge is 0.508 e. The molecule has 0 fully saturated rings. The van der Waals surface area contributed by atoms with Crippen LogP contribution in [0.5, 0.6) is 11.5 Å². The highest BCUT2D eigenvalue weighted by Crippen LogP contribution is 2.35. The molecule has 1 unspecified atom stereocenters. The molecule has 0 aliphatic heterocycles. The number of carbonyl (C=O) groups is 1. The van der Waals surface area contributed by atoms with Gasteiger partial charge in [-0.05, 0) is 77.8 Å². The van der Waals surface area contributed by atoms with E-state index in [1.54, 1.807) is 24.1 Å². The molecule has 0 spiro atoms. The van der Waals surface area contributed by atoms with E-state index in [1.807, 2.05) is 30.3 Å². The minimum atomic E-state index is -1.14. The molecule has 0 saturated carbocycles. The highest BCUT2D eigenvalue weighted by molar-refractivity contribution is 7.85. The molecule has 0 radical (unpaired) electrons. The van der Waals surface area contributed by atoms with Crippen molar-refractivity contribution in [3.63, 3.8) is 0 Å². The second-order valence-corrected chi connectivity index (χ2v) is 11.2. The molecule has 39 heavy (non-hydrogen) atoms. The van der Waals surface area contributed by atoms with Gasteiger partial charge in [-0.25, -0.2) is 0 Å². The Morgan fingerprint density at radius 3 is 2.10 bits per heavy atom. The lowest BCUT2D eigenvalue weighted by atomic mass is 9.88. The third-order valence-corrected chi connectivity index (χ3v) is 7.98. The molecule has 0 aromatic heterocycles. The number of nitrogens with zero attached hydrogens (tertiary/aromatic N) is 1. The Bertz CT molecular complexity index is 1220. The zero-order valence-electron chi connectivity index (χ0n) is 23.4. The Morgan fingerprint density at radius 2 is 1.49 bits per heavy atom. The molecule has 3 aromatic carbocycles. The maximum Gasteiger partial charge on any atom is 0.234 e. The third-order valence-electron chi connectivity index (χ3n) is 6.67. The zero-order valence-corrected chi connectivity index (χ0v) is 24.2. The molecule has 3 rings (SSSR count). The Kier molecular flexibility index (Phi) is 12.3. The summed E-state index contributed by atoms with van der Waals surface area (Å²) in [6, 6.07) is 25.8. The standard InChI is InChI=1S/C33H41NO4S/c1-4-6-22-34(3)32(36)25-39(37)24-11-10-23-38-30-20-16-28(17-21-30)33(27-14-18-29(35)19-15-27)31(5-2)26-12-8-7-9-13-26/h7-9,12-21,35H,4-6,10-11,22-25H2,1-3H3/b33-31+. The van der Waals surface area contributed by atoms with Crippen LogP contribution in [0.25, 0.3) is 11.1 Å². The average Bonchev–Trinajstić information content (AvgIpc) is 2.96. The van der Waals surface area contributed by atoms with Crippen LogP contribution >= 0.6 is 0 Å². The van der Waals surface area contributed by atoms with E-state index >= 15 is 0 Å². The summed E-state index contributed by atoms with van der Waals surface area (Å²) in [6.07, 6.45) is 4.39. The summed E-state index contributed by atoms with van der Waals surface area (Å²) in [7, 11) is 0.639. The topological polar surface area (TPSA) is 66.8 Å². The fraction of sp³-hybridized carbons (Fsp3) is 0.364. The van der Waals surface area contributed by atoms with Crippen molar-refractivity contribution < 1.29 is 18.8 Å². The summed E-state index contributed by atoms with van der Waals surface area (Å²) in [4.78, 5) is 13.8. The highest BCUT2D eigenvalue weighted by Gasteiger charge is 2.14. The lowest BCUT2D eigenvalue weighted by Gasteiger charge is -2.17. The van der Waals surface area contributed by atoms with E-state index in [0.717, 1.165) is 61.1 Å². The van der Waals surface area contributed by atoms with Crippen LogP contribution < -0.4 is 4.74 Å². The predicted molar refractivity (Wildman–Crippen MR) is 162 cm³/mol. The summed E-state index contributed by atoms with van der Waals surface area (Å²) in [6.45, 7) is 5.50. The second kappa shape index (κ2) is 15.9. The van der Waals surface area contributed by atoms with E-state index in [0.29, 0.717) is 12.4 Å². The van der Waals surface area contributed by atoms with Crippen molar-refractivity contribution in [1.29, 1.82) is 0 Å². The molecule has 6 heteroatoms. The van der Waals surface area contributed by atoms with Crippen LogP contribution in [0.15, 0.2) is 78.9 Å². The molecule has 5 nitrogen and oxygen atoms in total. The minimum absolute atomic E-state index is 0.0441. The van der Waals surface area contributed by atoms with Crippen molar-refractivity contribution >= 4 is 27.9 Å². The Balaban J connectivity index is 1.60. The van der Waals surface area contributed by atoms with Crippen molar-refractivity contribution in [3.8, 4) is 11.5 Å². The fourth-order valence-corrected chi connectivity index (χ4v) is 5.59. The molecule has 208 valence electrons. The molecule has 0 aliphatic rings. The van der Waals surface area contributed by atoms with Crippen LogP contribution in [-0.2, 0) is 15.6 Å². The van der Waals surface area contributed by atoms with Gasteiger partial charge >= 0.3 is 0 Å². The van der Waals surface area contributed by atoms with Crippen molar-refractivity contribution in [2.75, 3.05) is 31.7 Å². The van der Waals surface area contributed by atoms with E-state index in [1.165, 1.54) is 11.1 Å². The molecule has 0 saturated heterocycles. The normalized spacial score (nSPS) is 12.5. The molecule has 0 heterocycles. The molecule has 3 aromatic rings. The number of hydrogen-bond donors (Lipinski definition) is 1. The monoisotopic (exact) mass is 547 g/mol. The van der Waals surface area contributed by atoms with Gasteiger partial charge in [0, 0.05) is 30.1 Å². The third kappa shape index (κ3) is 9.39. The first-order valence-corrected chi connectivity index (χ1v) is 15.3. The van der Waals surface area contributed by atoms with Crippen LogP contribution in [0, 0.1) is 0 Å². The Labute approximate surface area is 236 Å². The number of aromatic hydroxyl groups is 1. The first-order chi connectivity index (χ1) is 18.9. The predicted octanol–water partition coefficient (Wildman–Crippen LogP) is 6.93. The lowest BCUT2D eigenvalue weighted by Crippen LogP contribution is -2.32. The smallest absolute Gasteiger partial charge is 0.234 e. The Hall–Kier alpha value is -3.38. The molecular formula is C33H41NO4S. The van der Waals surface area contributed by atoms with Crippen LogP contribution in [-0.4, -0.2) is 51.8 Å². The van der Waals surface area contributed by atoms with Gasteiger partial charge in [0.05, 0.1) is 6.61 Å². The number of phenols is 1. The highest BCUT2D eigenvalue weighted by atomic mass is 32.2. The van der Waals surface area contributed by atoms with Gasteiger partial charge in [-0.15, -0.1) is 0 Å². The fourth-order valence-electron chi connectivity index (χ4n) is 4.42. The number of rotatable bonds is 15. The second-order valence-electron chi connectivity index (χ2n) is 9.66. The van der Waals surface area contributed by atoms with E-state index in [9.17, 15) is 14.1 Å². The van der Waals surface area contributed by atoms with Crippen molar-refractivity contribution in [2.45, 2.75) is 46.0 Å². The number of unbranched alkanes of at least 4 members (excludes halogenated alkanes) is 2. The van der Waals surface area contributed by atoms with Crippen molar-refractivity contribution in [1.82, 2.24) is 4.90 Å². The van der Waals surface area contributed by atoms with Gasteiger partial charge in [0.25, 0.3) is 0 Å². The van der Waals surface area contributed by atoms with Gasteiger partial charge in [-0.1, -0.05) is 74.9 Å².